The molecule has 9 heavy (non-hydrogen) atoms. The Labute approximate surface area is 55.1 Å². The Morgan fingerprint density at radius 1 is 1.78 bits per heavy atom. The summed E-state index contributed by atoms with van der Waals surface area (Å²) in [5, 5.41) is 0.465. The van der Waals surface area contributed by atoms with Gasteiger partial charge in [-0.25, -0.2) is 0 Å². The molecule has 0 fully saturated rings. The molecule has 0 aliphatic carbocycles. The summed E-state index contributed by atoms with van der Waals surface area (Å²) in [6.45, 7) is 4.45. The van der Waals surface area contributed by atoms with Crippen molar-refractivity contribution >= 4 is 10.1 Å². The fourth-order valence-electron chi connectivity index (χ4n) is 0. The Morgan fingerprint density at radius 2 is 1.89 bits per heavy atom. The molecule has 0 unspecified atom stereocenters. The number of terminal acetylenes is 1. The molecule has 0 amide bonds. The predicted molar refractivity (Wildman–Crippen MR) is 36.3 cm³/mol. The molecule has 0 atom stereocenters. The first-order valence-corrected chi connectivity index (χ1v) is 3.45. The van der Waals surface area contributed by atoms with Gasteiger partial charge in [0, 0.05) is 0 Å². The van der Waals surface area contributed by atoms with Gasteiger partial charge in [0.2, 0.25) is 0 Å². The lowest BCUT2D eigenvalue weighted by Crippen LogP contribution is -1.86. The largest absolute Gasteiger partial charge is 0.287 e. The highest BCUT2D eigenvalue weighted by Gasteiger charge is 1.87. The molecule has 0 saturated carbocycles. The summed E-state index contributed by atoms with van der Waals surface area (Å²) in [4.78, 5) is 0. The fraction of sp³-hybridized carbons (Fsp3) is 0.200. The first-order valence-electron chi connectivity index (χ1n) is 1.95. The van der Waals surface area contributed by atoms with Crippen LogP contribution in [0, 0.1) is 12.3 Å². The van der Waals surface area contributed by atoms with E-state index in [1.807, 2.05) is 0 Å². The second kappa shape index (κ2) is 5.35. The van der Waals surface area contributed by atoms with Gasteiger partial charge in [-0.15, -0.1) is 12.3 Å². The molecule has 0 aromatic rings. The zero-order valence-electron chi connectivity index (χ0n) is 5.03. The molecule has 0 spiro atoms. The molecule has 0 aliphatic rings. The van der Waals surface area contributed by atoms with Crippen LogP contribution in [0.5, 0.6) is 0 Å². The highest BCUT2D eigenvalue weighted by molar-refractivity contribution is 7.88. The Morgan fingerprint density at radius 3 is 1.89 bits per heavy atom. The van der Waals surface area contributed by atoms with E-state index in [0.29, 0.717) is 5.41 Å². The Bertz CT molecular complexity index is 183. The zero-order chi connectivity index (χ0) is 7.91. The Hall–Kier alpha value is -0.790. The van der Waals surface area contributed by atoms with Crippen molar-refractivity contribution < 1.29 is 13.0 Å². The molecule has 0 heterocycles. The van der Waals surface area contributed by atoms with E-state index >= 15 is 0 Å². The van der Waals surface area contributed by atoms with Gasteiger partial charge in [0.1, 0.15) is 0 Å². The molecule has 3 nitrogen and oxygen atoms in total. The van der Waals surface area contributed by atoms with Crippen molar-refractivity contribution in [1.29, 1.82) is 0 Å². The second-order valence-electron chi connectivity index (χ2n) is 0.970. The van der Waals surface area contributed by atoms with Crippen LogP contribution in [-0.2, 0) is 10.1 Å². The van der Waals surface area contributed by atoms with Crippen LogP contribution < -0.4 is 0 Å². The molecular formula is C5H8O3S. The summed E-state index contributed by atoms with van der Waals surface area (Å²) in [5.41, 5.74) is 0. The highest BCUT2D eigenvalue weighted by Crippen LogP contribution is 1.75. The SMILES string of the molecule is C#CC.C=CS(=O)(=O)O. The van der Waals surface area contributed by atoms with Crippen molar-refractivity contribution in [3.8, 4) is 12.3 Å². The maximum Gasteiger partial charge on any atom is 0.287 e. The molecule has 1 N–H and O–H groups in total. The third kappa shape index (κ3) is 40.1. The van der Waals surface area contributed by atoms with E-state index in [-0.39, 0.29) is 0 Å². The van der Waals surface area contributed by atoms with E-state index in [9.17, 15) is 8.42 Å². The lowest BCUT2D eigenvalue weighted by Gasteiger charge is -1.73. The van der Waals surface area contributed by atoms with Crippen molar-refractivity contribution in [2.24, 2.45) is 0 Å². The molecule has 0 aromatic heterocycles. The first-order chi connectivity index (χ1) is 3.97. The second-order valence-corrected chi connectivity index (χ2v) is 2.33. The summed E-state index contributed by atoms with van der Waals surface area (Å²) in [6, 6.07) is 0. The van der Waals surface area contributed by atoms with Crippen molar-refractivity contribution in [2.45, 2.75) is 6.92 Å². The predicted octanol–water partition coefficient (Wildman–Crippen LogP) is 0.657. The maximum atomic E-state index is 9.44. The van der Waals surface area contributed by atoms with Gasteiger partial charge in [0.15, 0.2) is 0 Å². The minimum Gasteiger partial charge on any atom is -0.282 e. The lowest BCUT2D eigenvalue weighted by molar-refractivity contribution is 0.494. The zero-order valence-corrected chi connectivity index (χ0v) is 5.85. The van der Waals surface area contributed by atoms with E-state index in [4.69, 9.17) is 4.55 Å². The molecule has 4 heteroatoms. The smallest absolute Gasteiger partial charge is 0.282 e. The molecule has 0 bridgehead atoms. The number of hydrogen-bond acceptors (Lipinski definition) is 2. The maximum absolute atomic E-state index is 9.44. The van der Waals surface area contributed by atoms with Crippen LogP contribution in [0.1, 0.15) is 6.92 Å². The summed E-state index contributed by atoms with van der Waals surface area (Å²) >= 11 is 0. The minimum absolute atomic E-state index is 0.465. The van der Waals surface area contributed by atoms with Crippen LogP contribution >= 0.6 is 0 Å². The van der Waals surface area contributed by atoms with Crippen LogP contribution in [0.2, 0.25) is 0 Å². The van der Waals surface area contributed by atoms with Gasteiger partial charge in [0.05, 0.1) is 5.41 Å². The van der Waals surface area contributed by atoms with Gasteiger partial charge >= 0.3 is 0 Å². The normalized spacial score (nSPS) is 8.11. The third-order valence-electron chi connectivity index (χ3n) is 0.211. The molecule has 0 aromatic carbocycles. The lowest BCUT2D eigenvalue weighted by atomic mass is 10.9. The Balaban J connectivity index is 0. The third-order valence-corrected chi connectivity index (χ3v) is 0.632. The van der Waals surface area contributed by atoms with E-state index in [1.165, 1.54) is 0 Å². The van der Waals surface area contributed by atoms with Gasteiger partial charge in [-0.3, -0.25) is 4.55 Å². The average Bonchev–Trinajstić information content (AvgIpc) is 1.67. The van der Waals surface area contributed by atoms with Crippen molar-refractivity contribution in [3.63, 3.8) is 0 Å². The van der Waals surface area contributed by atoms with Crippen LogP contribution in [-0.4, -0.2) is 13.0 Å². The molecule has 0 rings (SSSR count). The van der Waals surface area contributed by atoms with Crippen LogP contribution in [0.25, 0.3) is 0 Å². The van der Waals surface area contributed by atoms with E-state index in [0.717, 1.165) is 0 Å². The first kappa shape index (κ1) is 11.1. The van der Waals surface area contributed by atoms with E-state index in [1.54, 1.807) is 6.92 Å². The van der Waals surface area contributed by atoms with Gasteiger partial charge in [-0.1, -0.05) is 6.58 Å². The summed E-state index contributed by atoms with van der Waals surface area (Å²) in [7, 11) is -3.90. The van der Waals surface area contributed by atoms with Gasteiger partial charge in [-0.05, 0) is 6.92 Å². The molecule has 0 radical (unpaired) electrons. The fourth-order valence-corrected chi connectivity index (χ4v) is 0. The van der Waals surface area contributed by atoms with Crippen LogP contribution in [0.3, 0.4) is 0 Å². The quantitative estimate of drug-likeness (QED) is 0.439. The van der Waals surface area contributed by atoms with E-state index in [2.05, 4.69) is 18.9 Å². The number of hydrogen-bond donors (Lipinski definition) is 1. The van der Waals surface area contributed by atoms with E-state index < -0.39 is 10.1 Å². The summed E-state index contributed by atoms with van der Waals surface area (Å²) in [6.07, 6.45) is 4.60. The monoisotopic (exact) mass is 148 g/mol. The Kier molecular flexibility index (Phi) is 6.58. The van der Waals surface area contributed by atoms with Gasteiger partial charge in [0.25, 0.3) is 10.1 Å². The standard InChI is InChI=1S/C3H4.C2H4O3S/c1-3-2;1-2-6(3,4)5/h1H,2H3;2H,1H2,(H,3,4,5). The average molecular weight is 148 g/mol. The molecular weight excluding hydrogens is 140 g/mol. The molecule has 0 aliphatic heterocycles. The highest BCUT2D eigenvalue weighted by atomic mass is 32.2. The van der Waals surface area contributed by atoms with Gasteiger partial charge < -0.3 is 0 Å². The molecule has 52 valence electrons. The van der Waals surface area contributed by atoms with Crippen LogP contribution in [0.4, 0.5) is 0 Å². The summed E-state index contributed by atoms with van der Waals surface area (Å²) in [5.74, 6) is 2.25. The van der Waals surface area contributed by atoms with Crippen molar-refractivity contribution in [2.75, 3.05) is 0 Å². The van der Waals surface area contributed by atoms with Crippen LogP contribution in [0.15, 0.2) is 12.0 Å². The molecule has 0 saturated heterocycles. The van der Waals surface area contributed by atoms with Crippen molar-refractivity contribution in [3.05, 3.63) is 12.0 Å². The minimum atomic E-state index is -3.90. The van der Waals surface area contributed by atoms with Gasteiger partial charge in [-0.2, -0.15) is 8.42 Å². The summed E-state index contributed by atoms with van der Waals surface area (Å²) < 4.78 is 26.6. The topological polar surface area (TPSA) is 54.4 Å². The van der Waals surface area contributed by atoms with Crippen molar-refractivity contribution in [1.82, 2.24) is 0 Å². The number of rotatable bonds is 1.